The lowest BCUT2D eigenvalue weighted by molar-refractivity contribution is 0.193. The van der Waals surface area contributed by atoms with Crippen LogP contribution in [0.25, 0.3) is 0 Å². The summed E-state index contributed by atoms with van der Waals surface area (Å²) in [5, 5.41) is 3.07. The zero-order chi connectivity index (χ0) is 15.2. The lowest BCUT2D eigenvalue weighted by atomic mass is 10.1. The minimum atomic E-state index is -0.534. The van der Waals surface area contributed by atoms with Crippen molar-refractivity contribution in [2.45, 2.75) is 19.0 Å². The van der Waals surface area contributed by atoms with Crippen LogP contribution in [0.15, 0.2) is 12.1 Å². The van der Waals surface area contributed by atoms with E-state index in [2.05, 4.69) is 5.32 Å². The Bertz CT molecular complexity index is 442. The molecular formula is C15H22F2N2O2. The summed E-state index contributed by atoms with van der Waals surface area (Å²) < 4.78 is 38.6. The van der Waals surface area contributed by atoms with Crippen LogP contribution in [-0.2, 0) is 16.0 Å². The Morgan fingerprint density at radius 2 is 2.10 bits per heavy atom. The average Bonchev–Trinajstić information content (AvgIpc) is 2.97. The van der Waals surface area contributed by atoms with Crippen molar-refractivity contribution in [2.24, 2.45) is 0 Å². The van der Waals surface area contributed by atoms with Crippen LogP contribution in [0.1, 0.15) is 12.0 Å². The number of rotatable bonds is 7. The number of methoxy groups -OCH3 is 1. The molecule has 0 aliphatic carbocycles. The molecule has 1 aliphatic rings. The van der Waals surface area contributed by atoms with Gasteiger partial charge in [-0.25, -0.2) is 8.78 Å². The summed E-state index contributed by atoms with van der Waals surface area (Å²) >= 11 is 0. The van der Waals surface area contributed by atoms with Crippen molar-refractivity contribution >= 4 is 5.69 Å². The quantitative estimate of drug-likeness (QED) is 0.780. The summed E-state index contributed by atoms with van der Waals surface area (Å²) in [6.45, 7) is 2.76. The molecule has 0 spiro atoms. The van der Waals surface area contributed by atoms with E-state index in [0.717, 1.165) is 6.42 Å². The Morgan fingerprint density at radius 3 is 2.67 bits per heavy atom. The molecule has 1 heterocycles. The van der Waals surface area contributed by atoms with Crippen LogP contribution in [0.4, 0.5) is 14.5 Å². The van der Waals surface area contributed by atoms with Gasteiger partial charge in [-0.05, 0) is 24.1 Å². The number of nitrogens with one attached hydrogen (secondary N) is 1. The SMILES string of the molecule is COCCNCc1cc(F)c(N(C)C2CCOC2)c(F)c1. The largest absolute Gasteiger partial charge is 0.383 e. The Hall–Kier alpha value is -1.24. The van der Waals surface area contributed by atoms with Gasteiger partial charge in [-0.15, -0.1) is 0 Å². The van der Waals surface area contributed by atoms with E-state index in [0.29, 0.717) is 38.5 Å². The molecule has 0 bridgehead atoms. The molecule has 1 aromatic carbocycles. The predicted octanol–water partition coefficient (Wildman–Crippen LogP) is 1.93. The topological polar surface area (TPSA) is 33.7 Å². The van der Waals surface area contributed by atoms with E-state index in [-0.39, 0.29) is 11.7 Å². The lowest BCUT2D eigenvalue weighted by Gasteiger charge is -2.26. The molecule has 1 atom stereocenters. The van der Waals surface area contributed by atoms with Gasteiger partial charge in [0.2, 0.25) is 0 Å². The second-order valence-electron chi connectivity index (χ2n) is 5.21. The molecule has 1 saturated heterocycles. The van der Waals surface area contributed by atoms with E-state index >= 15 is 0 Å². The lowest BCUT2D eigenvalue weighted by Crippen LogP contribution is -2.33. The molecule has 0 amide bonds. The zero-order valence-electron chi connectivity index (χ0n) is 12.5. The van der Waals surface area contributed by atoms with Gasteiger partial charge in [0, 0.05) is 33.9 Å². The number of nitrogens with zero attached hydrogens (tertiary/aromatic N) is 1. The van der Waals surface area contributed by atoms with Crippen molar-refractivity contribution < 1.29 is 18.3 Å². The molecule has 4 nitrogen and oxygen atoms in total. The van der Waals surface area contributed by atoms with Crippen LogP contribution >= 0.6 is 0 Å². The van der Waals surface area contributed by atoms with Gasteiger partial charge in [0.1, 0.15) is 17.3 Å². The third-order valence-corrected chi connectivity index (χ3v) is 3.69. The minimum absolute atomic E-state index is 0.0196. The fourth-order valence-corrected chi connectivity index (χ4v) is 2.47. The Labute approximate surface area is 124 Å². The molecule has 1 aliphatic heterocycles. The molecule has 1 unspecified atom stereocenters. The van der Waals surface area contributed by atoms with Gasteiger partial charge < -0.3 is 19.7 Å². The molecule has 0 aromatic heterocycles. The molecule has 6 heteroatoms. The van der Waals surface area contributed by atoms with E-state index in [4.69, 9.17) is 9.47 Å². The second-order valence-corrected chi connectivity index (χ2v) is 5.21. The zero-order valence-corrected chi connectivity index (χ0v) is 12.5. The highest BCUT2D eigenvalue weighted by atomic mass is 19.1. The van der Waals surface area contributed by atoms with Gasteiger partial charge in [-0.3, -0.25) is 0 Å². The minimum Gasteiger partial charge on any atom is -0.383 e. The maximum atomic E-state index is 14.2. The van der Waals surface area contributed by atoms with Gasteiger partial charge in [0.25, 0.3) is 0 Å². The van der Waals surface area contributed by atoms with Gasteiger partial charge in [0.05, 0.1) is 19.3 Å². The number of hydrogen-bond donors (Lipinski definition) is 1. The van der Waals surface area contributed by atoms with Crippen LogP contribution < -0.4 is 10.2 Å². The van der Waals surface area contributed by atoms with Gasteiger partial charge >= 0.3 is 0 Å². The Kier molecular flexibility index (Phi) is 5.90. The summed E-state index contributed by atoms with van der Waals surface area (Å²) in [5.41, 5.74) is 0.604. The van der Waals surface area contributed by atoms with Crippen molar-refractivity contribution in [3.63, 3.8) is 0 Å². The van der Waals surface area contributed by atoms with E-state index in [1.165, 1.54) is 12.1 Å². The number of benzene rings is 1. The number of hydrogen-bond acceptors (Lipinski definition) is 4. The van der Waals surface area contributed by atoms with Crippen molar-refractivity contribution in [3.05, 3.63) is 29.3 Å². The molecule has 0 radical (unpaired) electrons. The van der Waals surface area contributed by atoms with E-state index in [9.17, 15) is 8.78 Å². The number of ether oxygens (including phenoxy) is 2. The maximum absolute atomic E-state index is 14.2. The van der Waals surface area contributed by atoms with Crippen molar-refractivity contribution in [2.75, 3.05) is 45.4 Å². The van der Waals surface area contributed by atoms with Crippen LogP contribution in [0.5, 0.6) is 0 Å². The van der Waals surface area contributed by atoms with E-state index in [1.807, 2.05) is 0 Å². The number of halogens is 2. The van der Waals surface area contributed by atoms with Gasteiger partial charge in [0.15, 0.2) is 0 Å². The summed E-state index contributed by atoms with van der Waals surface area (Å²) in [6, 6.07) is 2.79. The molecule has 1 aromatic rings. The van der Waals surface area contributed by atoms with Crippen LogP contribution in [0.2, 0.25) is 0 Å². The predicted molar refractivity (Wildman–Crippen MR) is 77.6 cm³/mol. The first kappa shape index (κ1) is 16.1. The highest BCUT2D eigenvalue weighted by molar-refractivity contribution is 5.51. The first-order valence-corrected chi connectivity index (χ1v) is 7.11. The molecule has 2 rings (SSSR count). The molecule has 21 heavy (non-hydrogen) atoms. The molecular weight excluding hydrogens is 278 g/mol. The Balaban J connectivity index is 2.05. The van der Waals surface area contributed by atoms with E-state index in [1.54, 1.807) is 19.1 Å². The summed E-state index contributed by atoms with van der Waals surface area (Å²) in [7, 11) is 3.32. The third kappa shape index (κ3) is 4.12. The molecule has 0 saturated carbocycles. The molecule has 1 fully saturated rings. The second kappa shape index (κ2) is 7.68. The molecule has 118 valence electrons. The first-order chi connectivity index (χ1) is 10.1. The fraction of sp³-hybridized carbons (Fsp3) is 0.600. The van der Waals surface area contributed by atoms with Gasteiger partial charge in [-0.2, -0.15) is 0 Å². The van der Waals surface area contributed by atoms with Gasteiger partial charge in [-0.1, -0.05) is 0 Å². The summed E-state index contributed by atoms with van der Waals surface area (Å²) in [6.07, 6.45) is 0.787. The Morgan fingerprint density at radius 1 is 1.38 bits per heavy atom. The van der Waals surface area contributed by atoms with Crippen LogP contribution in [0, 0.1) is 11.6 Å². The first-order valence-electron chi connectivity index (χ1n) is 7.11. The normalized spacial score (nSPS) is 18.2. The smallest absolute Gasteiger partial charge is 0.149 e. The van der Waals surface area contributed by atoms with E-state index < -0.39 is 11.6 Å². The van der Waals surface area contributed by atoms with Crippen molar-refractivity contribution in [1.82, 2.24) is 5.32 Å². The monoisotopic (exact) mass is 300 g/mol. The summed E-state index contributed by atoms with van der Waals surface area (Å²) in [5.74, 6) is -1.07. The fourth-order valence-electron chi connectivity index (χ4n) is 2.47. The summed E-state index contributed by atoms with van der Waals surface area (Å²) in [4.78, 5) is 1.64. The molecule has 1 N–H and O–H groups in total. The van der Waals surface area contributed by atoms with Crippen LogP contribution in [0.3, 0.4) is 0 Å². The third-order valence-electron chi connectivity index (χ3n) is 3.69. The van der Waals surface area contributed by atoms with Crippen LogP contribution in [-0.4, -0.2) is 46.6 Å². The highest BCUT2D eigenvalue weighted by Gasteiger charge is 2.25. The maximum Gasteiger partial charge on any atom is 0.149 e. The standard InChI is InChI=1S/C15H22F2N2O2/c1-19(12-3-5-21-10-12)15-13(16)7-11(8-14(15)17)9-18-4-6-20-2/h7-8,12,18H,3-6,9-10H2,1-2H3. The number of likely N-dealkylation sites (N-methyl/N-ethyl adjacent to an activating group) is 1. The average molecular weight is 300 g/mol. The van der Waals surface area contributed by atoms with Crippen molar-refractivity contribution in [3.8, 4) is 0 Å². The number of anilines is 1. The highest BCUT2D eigenvalue weighted by Crippen LogP contribution is 2.27. The van der Waals surface area contributed by atoms with Crippen molar-refractivity contribution in [1.29, 1.82) is 0 Å².